The molecule has 6 nitrogen and oxygen atoms in total. The second-order valence-corrected chi connectivity index (χ2v) is 9.03. The van der Waals surface area contributed by atoms with E-state index in [1.54, 1.807) is 12.1 Å². The number of sulfonamides is 1. The van der Waals surface area contributed by atoms with Crippen molar-refractivity contribution >= 4 is 15.9 Å². The van der Waals surface area contributed by atoms with Crippen LogP contribution >= 0.6 is 0 Å². The molecule has 2 saturated heterocycles. The normalized spacial score (nSPS) is 22.3. The standard InChI is InChI=1S/C19H29N3O3S/c20-26(24,25)18-9-7-16(8-10-18)14-19(23)22-13-5-2-6-17(22)15-21-11-3-1-4-12-21/h7-10,17H,1-6,11-15H2,(H2,20,24,25). The lowest BCUT2D eigenvalue weighted by molar-refractivity contribution is -0.134. The van der Waals surface area contributed by atoms with Crippen LogP contribution in [0.5, 0.6) is 0 Å². The van der Waals surface area contributed by atoms with E-state index in [0.29, 0.717) is 12.5 Å². The van der Waals surface area contributed by atoms with Crippen LogP contribution in [-0.4, -0.2) is 56.3 Å². The molecule has 2 fully saturated rings. The number of piperidine rings is 2. The zero-order chi connectivity index (χ0) is 18.6. The molecule has 2 heterocycles. The molecule has 2 N–H and O–H groups in total. The minimum absolute atomic E-state index is 0.0784. The van der Waals surface area contributed by atoms with Gasteiger partial charge in [-0.15, -0.1) is 0 Å². The molecule has 0 saturated carbocycles. The highest BCUT2D eigenvalue weighted by molar-refractivity contribution is 7.89. The van der Waals surface area contributed by atoms with Crippen molar-refractivity contribution in [2.75, 3.05) is 26.2 Å². The first kappa shape index (κ1) is 19.3. The third-order valence-corrected chi connectivity index (χ3v) is 6.40. The van der Waals surface area contributed by atoms with Gasteiger partial charge in [0, 0.05) is 19.1 Å². The summed E-state index contributed by atoms with van der Waals surface area (Å²) in [6.07, 6.45) is 7.47. The van der Waals surface area contributed by atoms with Gasteiger partial charge >= 0.3 is 0 Å². The van der Waals surface area contributed by atoms with Gasteiger partial charge < -0.3 is 9.80 Å². The lowest BCUT2D eigenvalue weighted by Gasteiger charge is -2.40. The van der Waals surface area contributed by atoms with Gasteiger partial charge in [0.1, 0.15) is 0 Å². The van der Waals surface area contributed by atoms with Gasteiger partial charge in [-0.1, -0.05) is 18.6 Å². The van der Waals surface area contributed by atoms with E-state index in [9.17, 15) is 13.2 Å². The van der Waals surface area contributed by atoms with Crippen molar-refractivity contribution in [3.63, 3.8) is 0 Å². The van der Waals surface area contributed by atoms with Gasteiger partial charge in [-0.3, -0.25) is 4.79 Å². The minimum Gasteiger partial charge on any atom is -0.338 e. The topological polar surface area (TPSA) is 83.7 Å². The van der Waals surface area contributed by atoms with Crippen molar-refractivity contribution < 1.29 is 13.2 Å². The number of amides is 1. The molecule has 2 aliphatic rings. The van der Waals surface area contributed by atoms with Crippen LogP contribution in [0.2, 0.25) is 0 Å². The molecule has 1 aromatic carbocycles. The summed E-state index contributed by atoms with van der Waals surface area (Å²) in [7, 11) is -3.69. The smallest absolute Gasteiger partial charge is 0.238 e. The molecule has 0 aliphatic carbocycles. The Hall–Kier alpha value is -1.44. The van der Waals surface area contributed by atoms with E-state index in [1.165, 1.54) is 37.8 Å². The summed E-state index contributed by atoms with van der Waals surface area (Å²) in [6, 6.07) is 6.61. The predicted molar refractivity (Wildman–Crippen MR) is 101 cm³/mol. The Morgan fingerprint density at radius 1 is 1.00 bits per heavy atom. The average molecular weight is 380 g/mol. The summed E-state index contributed by atoms with van der Waals surface area (Å²) in [5.41, 5.74) is 0.824. The van der Waals surface area contributed by atoms with E-state index in [4.69, 9.17) is 5.14 Å². The molecule has 1 unspecified atom stereocenters. The van der Waals surface area contributed by atoms with Crippen molar-refractivity contribution in [2.24, 2.45) is 5.14 Å². The summed E-state index contributed by atoms with van der Waals surface area (Å²) in [5.74, 6) is 0.134. The maximum absolute atomic E-state index is 12.9. The summed E-state index contributed by atoms with van der Waals surface area (Å²) < 4.78 is 22.7. The number of primary sulfonamides is 1. The van der Waals surface area contributed by atoms with Crippen LogP contribution in [0.25, 0.3) is 0 Å². The van der Waals surface area contributed by atoms with E-state index >= 15 is 0 Å². The van der Waals surface area contributed by atoms with E-state index in [-0.39, 0.29) is 10.8 Å². The van der Waals surface area contributed by atoms with Crippen molar-refractivity contribution in [3.8, 4) is 0 Å². The van der Waals surface area contributed by atoms with E-state index in [1.807, 2.05) is 4.90 Å². The molecular formula is C19H29N3O3S. The Kier molecular flexibility index (Phi) is 6.32. The fourth-order valence-corrected chi connectivity index (χ4v) is 4.55. The maximum atomic E-state index is 12.9. The number of carbonyl (C=O) groups excluding carboxylic acids is 1. The summed E-state index contributed by atoms with van der Waals surface area (Å²) in [6.45, 7) is 4.10. The van der Waals surface area contributed by atoms with Crippen molar-refractivity contribution in [1.82, 2.24) is 9.80 Å². The van der Waals surface area contributed by atoms with Crippen LogP contribution in [0.15, 0.2) is 29.2 Å². The Morgan fingerprint density at radius 3 is 2.31 bits per heavy atom. The molecule has 1 atom stereocenters. The Balaban J connectivity index is 1.62. The monoisotopic (exact) mass is 379 g/mol. The van der Waals surface area contributed by atoms with Crippen LogP contribution in [0.3, 0.4) is 0 Å². The lowest BCUT2D eigenvalue weighted by Crippen LogP contribution is -2.50. The highest BCUT2D eigenvalue weighted by Gasteiger charge is 2.28. The number of hydrogen-bond acceptors (Lipinski definition) is 4. The van der Waals surface area contributed by atoms with Gasteiger partial charge in [-0.2, -0.15) is 0 Å². The second kappa shape index (κ2) is 8.50. The van der Waals surface area contributed by atoms with Gasteiger partial charge in [-0.05, 0) is 62.9 Å². The molecule has 0 bridgehead atoms. The van der Waals surface area contributed by atoms with Gasteiger partial charge in [0.2, 0.25) is 15.9 Å². The zero-order valence-corrected chi connectivity index (χ0v) is 16.1. The number of carbonyl (C=O) groups is 1. The molecule has 0 aromatic heterocycles. The molecule has 0 spiro atoms. The molecule has 26 heavy (non-hydrogen) atoms. The molecular weight excluding hydrogens is 350 g/mol. The third-order valence-electron chi connectivity index (χ3n) is 5.47. The van der Waals surface area contributed by atoms with Crippen LogP contribution in [0, 0.1) is 0 Å². The molecule has 144 valence electrons. The number of benzene rings is 1. The SMILES string of the molecule is NS(=O)(=O)c1ccc(CC(=O)N2CCCCC2CN2CCCCC2)cc1. The molecule has 1 aromatic rings. The largest absolute Gasteiger partial charge is 0.338 e. The first-order valence-electron chi connectivity index (χ1n) is 9.57. The highest BCUT2D eigenvalue weighted by Crippen LogP contribution is 2.21. The number of hydrogen-bond donors (Lipinski definition) is 1. The second-order valence-electron chi connectivity index (χ2n) is 7.46. The molecule has 0 radical (unpaired) electrons. The van der Waals surface area contributed by atoms with Crippen LogP contribution < -0.4 is 5.14 Å². The Labute approximate surface area is 156 Å². The van der Waals surface area contributed by atoms with Gasteiger partial charge in [-0.25, -0.2) is 13.6 Å². The van der Waals surface area contributed by atoms with Crippen LogP contribution in [0.4, 0.5) is 0 Å². The Bertz CT molecular complexity index is 712. The fraction of sp³-hybridized carbons (Fsp3) is 0.632. The summed E-state index contributed by atoms with van der Waals surface area (Å²) >= 11 is 0. The molecule has 7 heteroatoms. The first-order chi connectivity index (χ1) is 12.4. The van der Waals surface area contributed by atoms with E-state index in [2.05, 4.69) is 4.90 Å². The molecule has 2 aliphatic heterocycles. The van der Waals surface area contributed by atoms with E-state index < -0.39 is 10.0 Å². The maximum Gasteiger partial charge on any atom is 0.238 e. The summed E-state index contributed by atoms with van der Waals surface area (Å²) in [4.78, 5) is 17.5. The van der Waals surface area contributed by atoms with E-state index in [0.717, 1.165) is 44.6 Å². The quantitative estimate of drug-likeness (QED) is 0.845. The van der Waals surface area contributed by atoms with Crippen molar-refractivity contribution in [1.29, 1.82) is 0 Å². The number of nitrogens with two attached hydrogens (primary N) is 1. The van der Waals surface area contributed by atoms with Gasteiger partial charge in [0.15, 0.2) is 0 Å². The first-order valence-corrected chi connectivity index (χ1v) is 11.1. The minimum atomic E-state index is -3.69. The highest BCUT2D eigenvalue weighted by atomic mass is 32.2. The Morgan fingerprint density at radius 2 is 1.65 bits per heavy atom. The zero-order valence-electron chi connectivity index (χ0n) is 15.3. The predicted octanol–water partition coefficient (Wildman–Crippen LogP) is 1.74. The van der Waals surface area contributed by atoms with Crippen LogP contribution in [-0.2, 0) is 21.2 Å². The van der Waals surface area contributed by atoms with Gasteiger partial charge in [0.05, 0.1) is 11.3 Å². The lowest BCUT2D eigenvalue weighted by atomic mass is 9.99. The van der Waals surface area contributed by atoms with Crippen molar-refractivity contribution in [2.45, 2.75) is 55.9 Å². The van der Waals surface area contributed by atoms with Gasteiger partial charge in [0.25, 0.3) is 0 Å². The number of nitrogens with zero attached hydrogens (tertiary/aromatic N) is 2. The molecule has 3 rings (SSSR count). The summed E-state index contributed by atoms with van der Waals surface area (Å²) in [5, 5.41) is 5.12. The van der Waals surface area contributed by atoms with Crippen molar-refractivity contribution in [3.05, 3.63) is 29.8 Å². The third kappa shape index (κ3) is 5.05. The van der Waals surface area contributed by atoms with Crippen LogP contribution in [0.1, 0.15) is 44.1 Å². The fourth-order valence-electron chi connectivity index (χ4n) is 4.03. The average Bonchev–Trinajstić information content (AvgIpc) is 2.63. The number of likely N-dealkylation sites (tertiary alicyclic amines) is 2. The molecule has 1 amide bonds. The number of rotatable bonds is 5.